The molecule has 126 valence electrons. The fraction of sp³-hybridized carbons (Fsp3) is 0.533. The van der Waals surface area contributed by atoms with Gasteiger partial charge in [-0.25, -0.2) is 4.39 Å². The zero-order valence-electron chi connectivity index (χ0n) is 13.1. The van der Waals surface area contributed by atoms with Crippen molar-refractivity contribution in [1.29, 1.82) is 0 Å². The molecule has 0 aliphatic carbocycles. The molecule has 0 radical (unpaired) electrons. The second-order valence-electron chi connectivity index (χ2n) is 6.24. The van der Waals surface area contributed by atoms with Gasteiger partial charge < -0.3 is 10.1 Å². The lowest BCUT2D eigenvalue weighted by atomic mass is 9.93. The van der Waals surface area contributed by atoms with Crippen molar-refractivity contribution in [3.05, 3.63) is 38.9 Å². The van der Waals surface area contributed by atoms with Gasteiger partial charge in [0.05, 0.1) is 10.5 Å². The molecule has 1 aromatic rings. The second kappa shape index (κ2) is 6.19. The van der Waals surface area contributed by atoms with Gasteiger partial charge in [0.15, 0.2) is 0 Å². The Balaban J connectivity index is 2.30. The highest BCUT2D eigenvalue weighted by Gasteiger charge is 2.33. The molecule has 0 aromatic heterocycles. The number of carbonyl (C=O) groups excluding carboxylic acids is 1. The van der Waals surface area contributed by atoms with E-state index in [2.05, 4.69) is 5.32 Å². The first-order valence-electron chi connectivity index (χ1n) is 7.20. The maximum absolute atomic E-state index is 14.2. The van der Waals surface area contributed by atoms with Crippen LogP contribution in [-0.2, 0) is 4.74 Å². The molecule has 6 nitrogen and oxygen atoms in total. The van der Waals surface area contributed by atoms with E-state index in [0.717, 1.165) is 6.07 Å². The summed E-state index contributed by atoms with van der Waals surface area (Å²) in [5, 5.41) is 13.4. The van der Waals surface area contributed by atoms with Crippen LogP contribution in [0.1, 0.15) is 42.6 Å². The molecule has 1 aliphatic heterocycles. The van der Waals surface area contributed by atoms with E-state index in [9.17, 15) is 23.7 Å². The molecule has 1 atom stereocenters. The highest BCUT2D eigenvalue weighted by atomic mass is 19.1. The largest absolute Gasteiger partial charge is 0.375 e. The number of hydrogen-bond acceptors (Lipinski definition) is 4. The van der Waals surface area contributed by atoms with Crippen molar-refractivity contribution in [1.82, 2.24) is 5.32 Å². The number of benzene rings is 1. The topological polar surface area (TPSA) is 81.5 Å². The number of ether oxygens (including phenoxy) is 1. The van der Waals surface area contributed by atoms with E-state index in [0.29, 0.717) is 19.4 Å². The molecule has 1 amide bonds. The zero-order valence-corrected chi connectivity index (χ0v) is 13.1. The average Bonchev–Trinajstić information content (AvgIpc) is 2.41. The highest BCUT2D eigenvalue weighted by Crippen LogP contribution is 2.28. The normalized spacial score (nSPS) is 20.1. The van der Waals surface area contributed by atoms with Crippen LogP contribution < -0.4 is 5.32 Å². The molecule has 8 heteroatoms. The summed E-state index contributed by atoms with van der Waals surface area (Å²) in [5.41, 5.74) is -2.44. The predicted molar refractivity (Wildman–Crippen MR) is 78.3 cm³/mol. The van der Waals surface area contributed by atoms with E-state index in [-0.39, 0.29) is 11.6 Å². The number of rotatable bonds is 3. The quantitative estimate of drug-likeness (QED) is 0.683. The third kappa shape index (κ3) is 3.64. The van der Waals surface area contributed by atoms with Gasteiger partial charge in [-0.3, -0.25) is 14.9 Å². The highest BCUT2D eigenvalue weighted by molar-refractivity contribution is 5.96. The predicted octanol–water partition coefficient (Wildman–Crippen LogP) is 2.87. The lowest BCUT2D eigenvalue weighted by Crippen LogP contribution is -2.46. The van der Waals surface area contributed by atoms with Gasteiger partial charge in [-0.2, -0.15) is 4.39 Å². The minimum Gasteiger partial charge on any atom is -0.375 e. The number of nitrogens with zero attached hydrogens (tertiary/aromatic N) is 1. The summed E-state index contributed by atoms with van der Waals surface area (Å²) in [6.45, 7) is 5.36. The summed E-state index contributed by atoms with van der Waals surface area (Å²) in [5.74, 6) is -3.53. The molecular weight excluding hydrogens is 310 g/mol. The number of nitro benzene ring substituents is 1. The van der Waals surface area contributed by atoms with Crippen molar-refractivity contribution >= 4 is 11.6 Å². The van der Waals surface area contributed by atoms with Gasteiger partial charge in [-0.05, 0) is 39.2 Å². The molecule has 23 heavy (non-hydrogen) atoms. The number of amides is 1. The number of halogens is 2. The van der Waals surface area contributed by atoms with Crippen LogP contribution in [0.2, 0.25) is 0 Å². The molecule has 1 aliphatic rings. The van der Waals surface area contributed by atoms with Gasteiger partial charge in [0.1, 0.15) is 11.4 Å². The Labute approximate surface area is 132 Å². The van der Waals surface area contributed by atoms with Crippen molar-refractivity contribution < 1.29 is 23.2 Å². The Hall–Kier alpha value is -2.09. The number of nitrogens with one attached hydrogen (secondary N) is 1. The van der Waals surface area contributed by atoms with Crippen molar-refractivity contribution in [2.75, 3.05) is 6.61 Å². The average molecular weight is 328 g/mol. The molecular formula is C15H18F2N2O4. The Bertz CT molecular complexity index is 661. The molecule has 1 N–H and O–H groups in total. The van der Waals surface area contributed by atoms with E-state index in [1.165, 1.54) is 6.92 Å². The molecule has 2 rings (SSSR count). The van der Waals surface area contributed by atoms with Crippen LogP contribution in [0.5, 0.6) is 0 Å². The maximum atomic E-state index is 14.2. The number of aryl methyl sites for hydroxylation is 1. The molecule has 1 heterocycles. The molecule has 0 bridgehead atoms. The Morgan fingerprint density at radius 2 is 2.09 bits per heavy atom. The fourth-order valence-electron chi connectivity index (χ4n) is 2.70. The van der Waals surface area contributed by atoms with Crippen molar-refractivity contribution in [2.24, 2.45) is 0 Å². The van der Waals surface area contributed by atoms with Gasteiger partial charge in [0.2, 0.25) is 5.82 Å². The first kappa shape index (κ1) is 17.3. The molecule has 1 fully saturated rings. The molecule has 1 saturated heterocycles. The van der Waals surface area contributed by atoms with Gasteiger partial charge in [0.25, 0.3) is 5.91 Å². The molecule has 1 aromatic carbocycles. The van der Waals surface area contributed by atoms with Crippen LogP contribution in [0, 0.1) is 28.7 Å². The minimum absolute atomic E-state index is 0.157. The number of hydrogen-bond donors (Lipinski definition) is 1. The first-order chi connectivity index (χ1) is 10.6. The second-order valence-corrected chi connectivity index (χ2v) is 6.24. The zero-order chi connectivity index (χ0) is 17.4. The number of carbonyl (C=O) groups is 1. The Morgan fingerprint density at radius 1 is 1.43 bits per heavy atom. The fourth-order valence-corrected chi connectivity index (χ4v) is 2.70. The third-order valence-electron chi connectivity index (χ3n) is 3.82. The van der Waals surface area contributed by atoms with E-state index >= 15 is 0 Å². The molecule has 0 saturated carbocycles. The molecule has 0 unspecified atom stereocenters. The van der Waals surface area contributed by atoms with Crippen LogP contribution in [0.15, 0.2) is 6.07 Å². The standard InChI is InChI=1S/C15H18F2N2O4/c1-8-6-10(19(21)22)13(17)11(12(8)16)14(20)18-9-4-5-23-15(2,3)7-9/h6,9H,4-5,7H2,1-3H3,(H,18,20)/t9-/m1/s1. The lowest BCUT2D eigenvalue weighted by Gasteiger charge is -2.35. The van der Waals surface area contributed by atoms with E-state index in [1.807, 2.05) is 13.8 Å². The summed E-state index contributed by atoms with van der Waals surface area (Å²) in [7, 11) is 0. The number of nitro groups is 1. The summed E-state index contributed by atoms with van der Waals surface area (Å²) in [4.78, 5) is 22.1. The Kier molecular flexibility index (Phi) is 4.65. The van der Waals surface area contributed by atoms with Crippen LogP contribution in [0.25, 0.3) is 0 Å². The van der Waals surface area contributed by atoms with Crippen LogP contribution in [-0.4, -0.2) is 29.1 Å². The van der Waals surface area contributed by atoms with Crippen molar-refractivity contribution in [3.63, 3.8) is 0 Å². The van der Waals surface area contributed by atoms with Gasteiger partial charge in [-0.1, -0.05) is 0 Å². The van der Waals surface area contributed by atoms with Crippen LogP contribution in [0.4, 0.5) is 14.5 Å². The smallest absolute Gasteiger partial charge is 0.306 e. The van der Waals surface area contributed by atoms with Crippen molar-refractivity contribution in [2.45, 2.75) is 45.3 Å². The summed E-state index contributed by atoms with van der Waals surface area (Å²) >= 11 is 0. The summed E-state index contributed by atoms with van der Waals surface area (Å²) in [6, 6.07) is 0.462. The monoisotopic (exact) mass is 328 g/mol. The molecule has 0 spiro atoms. The maximum Gasteiger partial charge on any atom is 0.306 e. The third-order valence-corrected chi connectivity index (χ3v) is 3.82. The van der Waals surface area contributed by atoms with Crippen molar-refractivity contribution in [3.8, 4) is 0 Å². The van der Waals surface area contributed by atoms with Crippen LogP contribution in [0.3, 0.4) is 0 Å². The first-order valence-corrected chi connectivity index (χ1v) is 7.20. The Morgan fingerprint density at radius 3 is 2.65 bits per heavy atom. The lowest BCUT2D eigenvalue weighted by molar-refractivity contribution is -0.387. The summed E-state index contributed by atoms with van der Waals surface area (Å²) in [6.07, 6.45) is 0.988. The summed E-state index contributed by atoms with van der Waals surface area (Å²) < 4.78 is 33.8. The van der Waals surface area contributed by atoms with E-state index < -0.39 is 39.3 Å². The van der Waals surface area contributed by atoms with Gasteiger partial charge >= 0.3 is 5.69 Å². The SMILES string of the molecule is Cc1cc([N+](=O)[O-])c(F)c(C(=O)N[C@@H]2CCOC(C)(C)C2)c1F. The van der Waals surface area contributed by atoms with E-state index in [4.69, 9.17) is 4.74 Å². The van der Waals surface area contributed by atoms with Gasteiger partial charge in [-0.15, -0.1) is 0 Å². The van der Waals surface area contributed by atoms with E-state index in [1.54, 1.807) is 0 Å². The van der Waals surface area contributed by atoms with Gasteiger partial charge in [0, 0.05) is 18.7 Å². The van der Waals surface area contributed by atoms with Crippen LogP contribution >= 0.6 is 0 Å². The minimum atomic E-state index is -1.46.